The first kappa shape index (κ1) is 21.5. The monoisotopic (exact) mass is 394 g/mol. The maximum Gasteiger partial charge on any atom is 0.317 e. The maximum atomic E-state index is 12.5. The Balaban J connectivity index is 0.00000261. The first-order chi connectivity index (χ1) is 12.6. The van der Waals surface area contributed by atoms with Crippen LogP contribution < -0.4 is 11.1 Å². The van der Waals surface area contributed by atoms with Gasteiger partial charge in [0.1, 0.15) is 0 Å². The fourth-order valence-corrected chi connectivity index (χ4v) is 4.00. The summed E-state index contributed by atoms with van der Waals surface area (Å²) in [6.45, 7) is 5.22. The van der Waals surface area contributed by atoms with Crippen LogP contribution in [-0.2, 0) is 17.8 Å². The van der Waals surface area contributed by atoms with Crippen LogP contribution in [0.25, 0.3) is 0 Å². The van der Waals surface area contributed by atoms with Gasteiger partial charge in [-0.3, -0.25) is 4.79 Å². The van der Waals surface area contributed by atoms with Gasteiger partial charge in [0.2, 0.25) is 5.91 Å². The van der Waals surface area contributed by atoms with Crippen LogP contribution in [0.3, 0.4) is 0 Å². The zero-order valence-corrected chi connectivity index (χ0v) is 16.8. The number of carbonyl (C=O) groups excluding carboxylic acids is 2. The number of rotatable bonds is 4. The van der Waals surface area contributed by atoms with Crippen LogP contribution in [0.5, 0.6) is 0 Å². The van der Waals surface area contributed by atoms with E-state index in [9.17, 15) is 9.59 Å². The minimum Gasteiger partial charge on any atom is -0.338 e. The molecule has 2 atom stereocenters. The molecule has 27 heavy (non-hydrogen) atoms. The fourth-order valence-electron chi connectivity index (χ4n) is 4.00. The molecule has 7 heteroatoms. The van der Waals surface area contributed by atoms with E-state index < -0.39 is 0 Å². The Labute approximate surface area is 167 Å². The van der Waals surface area contributed by atoms with E-state index in [0.29, 0.717) is 32.0 Å². The summed E-state index contributed by atoms with van der Waals surface area (Å²) in [6.07, 6.45) is 3.22. The van der Waals surface area contributed by atoms with E-state index >= 15 is 0 Å². The highest BCUT2D eigenvalue weighted by Gasteiger charge is 2.28. The molecule has 3 rings (SSSR count). The second-order valence-corrected chi connectivity index (χ2v) is 7.53. The molecule has 2 aliphatic rings. The van der Waals surface area contributed by atoms with Crippen molar-refractivity contribution in [1.29, 1.82) is 0 Å². The Bertz CT molecular complexity index is 655. The third kappa shape index (κ3) is 5.36. The largest absolute Gasteiger partial charge is 0.338 e. The average Bonchev–Trinajstić information content (AvgIpc) is 2.67. The van der Waals surface area contributed by atoms with Crippen LogP contribution in [0, 0.1) is 5.92 Å². The molecule has 150 valence electrons. The number of hydrogen-bond acceptors (Lipinski definition) is 3. The van der Waals surface area contributed by atoms with E-state index in [0.717, 1.165) is 32.4 Å². The number of fused-ring (bicyclic) bond motifs is 1. The second-order valence-electron chi connectivity index (χ2n) is 7.53. The summed E-state index contributed by atoms with van der Waals surface area (Å²) in [5.41, 5.74) is 8.36. The average molecular weight is 395 g/mol. The molecule has 1 aromatic rings. The SMILES string of the molecule is CC1CCN(C(=O)CCNC(=O)N2CCc3ccccc3C2)C(CN)C1.Cl. The molecule has 1 aromatic carbocycles. The van der Waals surface area contributed by atoms with Crippen LogP contribution in [0.15, 0.2) is 24.3 Å². The predicted octanol–water partition coefficient (Wildman–Crippen LogP) is 2.15. The molecule has 0 saturated carbocycles. The summed E-state index contributed by atoms with van der Waals surface area (Å²) < 4.78 is 0. The molecular formula is C20H31ClN4O2. The van der Waals surface area contributed by atoms with E-state index in [4.69, 9.17) is 5.73 Å². The van der Waals surface area contributed by atoms with Gasteiger partial charge in [-0.1, -0.05) is 31.2 Å². The lowest BCUT2D eigenvalue weighted by atomic mass is 9.92. The van der Waals surface area contributed by atoms with Gasteiger partial charge >= 0.3 is 6.03 Å². The number of urea groups is 1. The number of piperidine rings is 1. The number of nitrogens with one attached hydrogen (secondary N) is 1. The summed E-state index contributed by atoms with van der Waals surface area (Å²) in [6, 6.07) is 8.29. The fraction of sp³-hybridized carbons (Fsp3) is 0.600. The maximum absolute atomic E-state index is 12.5. The van der Waals surface area contributed by atoms with E-state index in [1.807, 2.05) is 21.9 Å². The number of benzene rings is 1. The number of carbonyl (C=O) groups is 2. The smallest absolute Gasteiger partial charge is 0.317 e. The second kappa shape index (κ2) is 9.95. The Morgan fingerprint density at radius 1 is 1.22 bits per heavy atom. The van der Waals surface area contributed by atoms with Crippen molar-refractivity contribution in [2.45, 2.75) is 45.2 Å². The minimum atomic E-state index is -0.0880. The van der Waals surface area contributed by atoms with Gasteiger partial charge in [-0.05, 0) is 36.3 Å². The van der Waals surface area contributed by atoms with Crippen LogP contribution >= 0.6 is 12.4 Å². The predicted molar refractivity (Wildman–Crippen MR) is 109 cm³/mol. The molecular weight excluding hydrogens is 364 g/mol. The molecule has 0 aromatic heterocycles. The summed E-state index contributed by atoms with van der Waals surface area (Å²) in [4.78, 5) is 28.6. The van der Waals surface area contributed by atoms with Crippen molar-refractivity contribution in [3.8, 4) is 0 Å². The van der Waals surface area contributed by atoms with Gasteiger partial charge in [0.15, 0.2) is 0 Å². The molecule has 3 amide bonds. The molecule has 0 bridgehead atoms. The molecule has 2 unspecified atom stereocenters. The van der Waals surface area contributed by atoms with Crippen LogP contribution in [0.2, 0.25) is 0 Å². The van der Waals surface area contributed by atoms with Gasteiger partial charge in [0.05, 0.1) is 0 Å². The topological polar surface area (TPSA) is 78.7 Å². The lowest BCUT2D eigenvalue weighted by Crippen LogP contribution is -2.50. The van der Waals surface area contributed by atoms with Crippen LogP contribution in [0.1, 0.15) is 37.3 Å². The van der Waals surface area contributed by atoms with Crippen LogP contribution in [-0.4, -0.2) is 54.0 Å². The highest BCUT2D eigenvalue weighted by molar-refractivity contribution is 5.85. The molecule has 0 spiro atoms. The van der Waals surface area contributed by atoms with Gasteiger partial charge in [0.25, 0.3) is 0 Å². The molecule has 0 aliphatic carbocycles. The van der Waals surface area contributed by atoms with Crippen molar-refractivity contribution in [2.24, 2.45) is 11.7 Å². The van der Waals surface area contributed by atoms with Gasteiger partial charge < -0.3 is 20.9 Å². The Kier molecular flexibility index (Phi) is 7.92. The summed E-state index contributed by atoms with van der Waals surface area (Å²) in [5, 5.41) is 2.90. The Hall–Kier alpha value is -1.79. The van der Waals surface area contributed by atoms with E-state index in [1.165, 1.54) is 11.1 Å². The number of nitrogens with zero attached hydrogens (tertiary/aromatic N) is 2. The van der Waals surface area contributed by atoms with Crippen molar-refractivity contribution in [3.05, 3.63) is 35.4 Å². The first-order valence-corrected chi connectivity index (χ1v) is 9.67. The first-order valence-electron chi connectivity index (χ1n) is 9.67. The van der Waals surface area contributed by atoms with E-state index in [2.05, 4.69) is 24.4 Å². The molecule has 2 heterocycles. The van der Waals surface area contributed by atoms with Crippen molar-refractivity contribution in [2.75, 3.05) is 26.2 Å². The number of nitrogens with two attached hydrogens (primary N) is 1. The third-order valence-corrected chi connectivity index (χ3v) is 5.60. The normalized spacial score (nSPS) is 21.9. The van der Waals surface area contributed by atoms with Gasteiger partial charge in [-0.2, -0.15) is 0 Å². The molecule has 1 fully saturated rings. The zero-order valence-electron chi connectivity index (χ0n) is 16.0. The molecule has 1 saturated heterocycles. The van der Waals surface area contributed by atoms with E-state index in [1.54, 1.807) is 0 Å². The van der Waals surface area contributed by atoms with Crippen molar-refractivity contribution in [3.63, 3.8) is 0 Å². The van der Waals surface area contributed by atoms with Crippen molar-refractivity contribution in [1.82, 2.24) is 15.1 Å². The van der Waals surface area contributed by atoms with Crippen molar-refractivity contribution >= 4 is 24.3 Å². The molecule has 2 aliphatic heterocycles. The lowest BCUT2D eigenvalue weighted by Gasteiger charge is -2.38. The summed E-state index contributed by atoms with van der Waals surface area (Å²) >= 11 is 0. The highest BCUT2D eigenvalue weighted by atomic mass is 35.5. The number of hydrogen-bond donors (Lipinski definition) is 2. The quantitative estimate of drug-likeness (QED) is 0.821. The third-order valence-electron chi connectivity index (χ3n) is 5.60. The standard InChI is InChI=1S/C20H30N4O2.ClH/c1-15-7-11-24(18(12-15)13-21)19(25)6-9-22-20(26)23-10-8-16-4-2-3-5-17(16)14-23;/h2-5,15,18H,6-14,21H2,1H3,(H,22,26);1H. The zero-order chi connectivity index (χ0) is 18.5. The number of halogens is 1. The number of likely N-dealkylation sites (tertiary alicyclic amines) is 1. The molecule has 3 N–H and O–H groups in total. The van der Waals surface area contributed by atoms with Gasteiger partial charge in [-0.15, -0.1) is 12.4 Å². The number of amides is 3. The summed E-state index contributed by atoms with van der Waals surface area (Å²) in [7, 11) is 0. The molecule has 6 nitrogen and oxygen atoms in total. The summed E-state index contributed by atoms with van der Waals surface area (Å²) in [5.74, 6) is 0.714. The highest BCUT2D eigenvalue weighted by Crippen LogP contribution is 2.22. The van der Waals surface area contributed by atoms with Crippen LogP contribution in [0.4, 0.5) is 4.79 Å². The Morgan fingerprint density at radius 3 is 2.70 bits per heavy atom. The Morgan fingerprint density at radius 2 is 1.96 bits per heavy atom. The lowest BCUT2D eigenvalue weighted by molar-refractivity contribution is -0.135. The van der Waals surface area contributed by atoms with Gasteiger partial charge in [0, 0.05) is 45.2 Å². The molecule has 0 radical (unpaired) electrons. The van der Waals surface area contributed by atoms with E-state index in [-0.39, 0.29) is 30.4 Å². The van der Waals surface area contributed by atoms with Crippen molar-refractivity contribution < 1.29 is 9.59 Å². The van der Waals surface area contributed by atoms with Gasteiger partial charge in [-0.25, -0.2) is 4.79 Å². The minimum absolute atomic E-state index is 0.